The minimum Gasteiger partial charge on any atom is -0.387 e. The number of carbonyl (C=O) groups excluding carboxylic acids is 1. The van der Waals surface area contributed by atoms with Gasteiger partial charge in [0.1, 0.15) is 18.3 Å². The molecule has 1 saturated heterocycles. The zero-order valence-electron chi connectivity index (χ0n) is 8.07. The number of aliphatic hydroxyl groups is 2. The smallest absolute Gasteiger partial charge is 0.316 e. The van der Waals surface area contributed by atoms with Crippen LogP contribution in [0.5, 0.6) is 0 Å². The quantitative estimate of drug-likeness (QED) is 0.348. The van der Waals surface area contributed by atoms with Gasteiger partial charge < -0.3 is 35.4 Å². The van der Waals surface area contributed by atoms with Crippen LogP contribution in [0.2, 0.25) is 0 Å². The van der Waals surface area contributed by atoms with Gasteiger partial charge in [-0.15, -0.1) is 0 Å². The Balaban J connectivity index is 2.50. The summed E-state index contributed by atoms with van der Waals surface area (Å²) in [6.45, 7) is -0.372. The van der Waals surface area contributed by atoms with Crippen molar-refractivity contribution in [3.8, 4) is 0 Å². The third-order valence-corrected chi connectivity index (χ3v) is 2.43. The van der Waals surface area contributed by atoms with Gasteiger partial charge in [-0.05, 0) is 0 Å². The molecule has 0 bridgehead atoms. The van der Waals surface area contributed by atoms with Gasteiger partial charge in [-0.3, -0.25) is 4.57 Å². The summed E-state index contributed by atoms with van der Waals surface area (Å²) >= 11 is 0. The van der Waals surface area contributed by atoms with Crippen molar-refractivity contribution in [2.24, 2.45) is 5.73 Å². The predicted molar refractivity (Wildman–Crippen MR) is 50.6 cm³/mol. The second-order valence-electron chi connectivity index (χ2n) is 3.16. The Morgan fingerprint density at radius 1 is 1.50 bits per heavy atom. The maximum absolute atomic E-state index is 10.5. The van der Waals surface area contributed by atoms with E-state index in [0.717, 1.165) is 0 Å². The van der Waals surface area contributed by atoms with E-state index in [-0.39, 0.29) is 6.61 Å². The number of nitrogens with one attached hydrogen (secondary N) is 1. The fourth-order valence-electron chi connectivity index (χ4n) is 1.30. The Morgan fingerprint density at radius 2 is 2.12 bits per heavy atom. The van der Waals surface area contributed by atoms with Crippen molar-refractivity contribution < 1.29 is 33.7 Å². The first-order valence-electron chi connectivity index (χ1n) is 4.35. The molecule has 1 fully saturated rings. The highest BCUT2D eigenvalue weighted by atomic mass is 31.1. The molecule has 2 amide bonds. The average molecular weight is 256 g/mol. The van der Waals surface area contributed by atoms with Crippen molar-refractivity contribution in [1.29, 1.82) is 0 Å². The summed E-state index contributed by atoms with van der Waals surface area (Å²) in [5.41, 5.74) is 4.81. The molecule has 0 aromatic rings. The van der Waals surface area contributed by atoms with E-state index in [1.165, 1.54) is 0 Å². The van der Waals surface area contributed by atoms with Crippen LogP contribution >= 0.6 is 8.25 Å². The lowest BCUT2D eigenvalue weighted by Crippen LogP contribution is -2.45. The number of nitrogens with two attached hydrogens (primary N) is 1. The van der Waals surface area contributed by atoms with E-state index < -0.39 is 38.8 Å². The maximum Gasteiger partial charge on any atom is 0.316 e. The van der Waals surface area contributed by atoms with Crippen LogP contribution in [0.15, 0.2) is 0 Å². The highest BCUT2D eigenvalue weighted by Gasteiger charge is 2.43. The topological polar surface area (TPSA) is 151 Å². The standard InChI is InChI=1S/C6H13N2O7P/c7-6(11)8-5-4(10)3(9)2(15-5)1-14-16(12)13/h2-5,9-10,16H,1H2,(H,12,13)(H3,7,8,11). The molecule has 1 rings (SSSR count). The van der Waals surface area contributed by atoms with Crippen molar-refractivity contribution in [3.05, 3.63) is 0 Å². The van der Waals surface area contributed by atoms with Gasteiger partial charge in [0.15, 0.2) is 6.23 Å². The summed E-state index contributed by atoms with van der Waals surface area (Å²) < 4.78 is 19.6. The Bertz CT molecular complexity index is 288. The van der Waals surface area contributed by atoms with Crippen LogP contribution in [0.1, 0.15) is 0 Å². The van der Waals surface area contributed by atoms with Gasteiger partial charge in [-0.25, -0.2) is 4.79 Å². The summed E-state index contributed by atoms with van der Waals surface area (Å²) in [6, 6.07) is -0.923. The van der Waals surface area contributed by atoms with Crippen LogP contribution < -0.4 is 11.1 Å². The first-order chi connectivity index (χ1) is 7.41. The third-order valence-electron chi connectivity index (χ3n) is 2.02. The molecular weight excluding hydrogens is 243 g/mol. The molecule has 1 aliphatic rings. The van der Waals surface area contributed by atoms with Gasteiger partial charge in [0.2, 0.25) is 0 Å². The second-order valence-corrected chi connectivity index (χ2v) is 3.98. The third kappa shape index (κ3) is 3.41. The van der Waals surface area contributed by atoms with Crippen LogP contribution in [-0.4, -0.2) is 52.3 Å². The second kappa shape index (κ2) is 5.58. The van der Waals surface area contributed by atoms with Gasteiger partial charge in [0.05, 0.1) is 6.61 Å². The van der Waals surface area contributed by atoms with E-state index in [9.17, 15) is 19.6 Å². The highest BCUT2D eigenvalue weighted by Crippen LogP contribution is 2.23. The fraction of sp³-hybridized carbons (Fsp3) is 0.833. The first kappa shape index (κ1) is 13.4. The number of hydrogen-bond donors (Lipinski definition) is 5. The molecule has 5 atom stereocenters. The van der Waals surface area contributed by atoms with Gasteiger partial charge in [0, 0.05) is 0 Å². The molecule has 9 nitrogen and oxygen atoms in total. The Labute approximate surface area is 91.1 Å². The molecule has 5 unspecified atom stereocenters. The number of carbonyl (C=O) groups is 1. The Kier molecular flexibility index (Phi) is 4.66. The first-order valence-corrected chi connectivity index (χ1v) is 5.61. The van der Waals surface area contributed by atoms with E-state index in [1.807, 2.05) is 0 Å². The van der Waals surface area contributed by atoms with Crippen LogP contribution in [0.4, 0.5) is 4.79 Å². The summed E-state index contributed by atoms with van der Waals surface area (Å²) in [5.74, 6) is 0. The van der Waals surface area contributed by atoms with Gasteiger partial charge in [0.25, 0.3) is 0 Å². The molecule has 0 aliphatic carbocycles. The van der Waals surface area contributed by atoms with Crippen molar-refractivity contribution in [1.82, 2.24) is 5.32 Å². The molecule has 0 radical (unpaired) electrons. The highest BCUT2D eigenvalue weighted by molar-refractivity contribution is 7.32. The number of primary amides is 1. The zero-order valence-corrected chi connectivity index (χ0v) is 9.07. The van der Waals surface area contributed by atoms with E-state index >= 15 is 0 Å². The minimum atomic E-state index is -3.14. The molecule has 10 heteroatoms. The Hall–Kier alpha value is -0.700. The molecule has 0 aromatic heterocycles. The van der Waals surface area contributed by atoms with Crippen molar-refractivity contribution in [2.75, 3.05) is 6.61 Å². The summed E-state index contributed by atoms with van der Waals surface area (Å²) in [5, 5.41) is 20.9. The van der Waals surface area contributed by atoms with Crippen molar-refractivity contribution in [2.45, 2.75) is 24.5 Å². The number of ether oxygens (including phenoxy) is 1. The van der Waals surface area contributed by atoms with E-state index in [0.29, 0.717) is 0 Å². The van der Waals surface area contributed by atoms with Gasteiger partial charge in [-0.2, -0.15) is 0 Å². The average Bonchev–Trinajstić information content (AvgIpc) is 2.42. The van der Waals surface area contributed by atoms with Crippen molar-refractivity contribution in [3.63, 3.8) is 0 Å². The number of rotatable bonds is 4. The fourth-order valence-corrected chi connectivity index (χ4v) is 1.61. The largest absolute Gasteiger partial charge is 0.387 e. The zero-order chi connectivity index (χ0) is 12.3. The molecule has 16 heavy (non-hydrogen) atoms. The Morgan fingerprint density at radius 3 is 2.62 bits per heavy atom. The SMILES string of the molecule is NC(=O)NC1OC(CO[PH](=O)O)C(O)C1O. The van der Waals surface area contributed by atoms with Crippen LogP contribution in [-0.2, 0) is 13.8 Å². The number of hydrogen-bond acceptors (Lipinski definition) is 6. The molecule has 0 spiro atoms. The lowest BCUT2D eigenvalue weighted by molar-refractivity contribution is -0.0232. The van der Waals surface area contributed by atoms with E-state index in [2.05, 4.69) is 9.84 Å². The normalized spacial score (nSPS) is 35.9. The molecular formula is C6H13N2O7P. The number of amides is 2. The number of aliphatic hydroxyl groups excluding tert-OH is 2. The molecule has 0 saturated carbocycles. The van der Waals surface area contributed by atoms with Crippen LogP contribution in [0, 0.1) is 0 Å². The van der Waals surface area contributed by atoms with Crippen molar-refractivity contribution >= 4 is 14.3 Å². The lowest BCUT2D eigenvalue weighted by Gasteiger charge is -2.14. The lowest BCUT2D eigenvalue weighted by atomic mass is 10.1. The molecule has 1 aliphatic heterocycles. The van der Waals surface area contributed by atoms with E-state index in [4.69, 9.17) is 15.4 Å². The predicted octanol–water partition coefficient (Wildman–Crippen LogP) is -2.50. The monoisotopic (exact) mass is 256 g/mol. The van der Waals surface area contributed by atoms with E-state index in [1.54, 1.807) is 0 Å². The van der Waals surface area contributed by atoms with Crippen LogP contribution in [0.3, 0.4) is 0 Å². The molecule has 0 aromatic carbocycles. The summed E-state index contributed by atoms with van der Waals surface area (Å²) in [7, 11) is -3.14. The van der Waals surface area contributed by atoms with Crippen LogP contribution in [0.25, 0.3) is 0 Å². The number of urea groups is 1. The molecule has 94 valence electrons. The summed E-state index contributed by atoms with van der Waals surface area (Å²) in [6.07, 6.45) is -4.88. The molecule has 6 N–H and O–H groups in total. The van der Waals surface area contributed by atoms with Gasteiger partial charge in [-0.1, -0.05) is 0 Å². The molecule has 1 heterocycles. The summed E-state index contributed by atoms with van der Waals surface area (Å²) in [4.78, 5) is 18.9. The van der Waals surface area contributed by atoms with Gasteiger partial charge >= 0.3 is 14.3 Å². The minimum absolute atomic E-state index is 0.372. The maximum atomic E-state index is 10.5.